The van der Waals surface area contributed by atoms with Gasteiger partial charge in [-0.25, -0.2) is 4.90 Å². The Bertz CT molecular complexity index is 548. The van der Waals surface area contributed by atoms with Gasteiger partial charge in [0.1, 0.15) is 0 Å². The van der Waals surface area contributed by atoms with Crippen molar-refractivity contribution in [1.82, 2.24) is 0 Å². The lowest BCUT2D eigenvalue weighted by Crippen LogP contribution is -2.30. The van der Waals surface area contributed by atoms with Crippen LogP contribution in [-0.2, 0) is 15.8 Å². The smallest absolute Gasteiger partial charge is 0.269 e. The SMILES string of the molecule is O=C1C=CC(=O)N1c1cc(C(F)(F)F)ccc1Cl. The van der Waals surface area contributed by atoms with Crippen molar-refractivity contribution in [1.29, 1.82) is 0 Å². The molecule has 0 unspecified atom stereocenters. The third-order valence-corrected chi connectivity index (χ3v) is 2.64. The van der Waals surface area contributed by atoms with Crippen LogP contribution in [0.1, 0.15) is 5.56 Å². The summed E-state index contributed by atoms with van der Waals surface area (Å²) in [6.45, 7) is 0. The molecule has 18 heavy (non-hydrogen) atoms. The first-order valence-corrected chi connectivity index (χ1v) is 5.11. The highest BCUT2D eigenvalue weighted by Gasteiger charge is 2.33. The average Bonchev–Trinajstić information content (AvgIpc) is 2.58. The van der Waals surface area contributed by atoms with Crippen LogP contribution in [0.15, 0.2) is 30.4 Å². The van der Waals surface area contributed by atoms with Gasteiger partial charge in [0.2, 0.25) is 0 Å². The topological polar surface area (TPSA) is 37.4 Å². The second-order valence-corrected chi connectivity index (χ2v) is 3.92. The number of amides is 2. The standard InChI is InChI=1S/C11H5ClF3NO2/c12-7-2-1-6(11(13,14)15)5-8(7)16-9(17)3-4-10(16)18/h1-5H. The van der Waals surface area contributed by atoms with Crippen molar-refractivity contribution < 1.29 is 22.8 Å². The third kappa shape index (κ3) is 2.11. The maximum absolute atomic E-state index is 12.5. The molecule has 3 nitrogen and oxygen atoms in total. The lowest BCUT2D eigenvalue weighted by Gasteiger charge is -2.17. The van der Waals surface area contributed by atoms with Gasteiger partial charge in [0, 0.05) is 12.2 Å². The maximum atomic E-state index is 12.5. The molecule has 0 radical (unpaired) electrons. The molecule has 1 aromatic rings. The van der Waals surface area contributed by atoms with Gasteiger partial charge in [0.05, 0.1) is 16.3 Å². The quantitative estimate of drug-likeness (QED) is 0.739. The Kier molecular flexibility index (Phi) is 2.90. The zero-order chi connectivity index (χ0) is 13.5. The van der Waals surface area contributed by atoms with Crippen LogP contribution in [0.25, 0.3) is 0 Å². The molecule has 1 aliphatic heterocycles. The largest absolute Gasteiger partial charge is 0.416 e. The van der Waals surface area contributed by atoms with E-state index in [1.807, 2.05) is 0 Å². The molecule has 0 aromatic heterocycles. The van der Waals surface area contributed by atoms with E-state index in [2.05, 4.69) is 0 Å². The van der Waals surface area contributed by atoms with E-state index in [4.69, 9.17) is 11.6 Å². The number of alkyl halides is 3. The molecule has 0 bridgehead atoms. The number of hydrogen-bond donors (Lipinski definition) is 0. The minimum atomic E-state index is -4.57. The van der Waals surface area contributed by atoms with Gasteiger partial charge >= 0.3 is 6.18 Å². The van der Waals surface area contributed by atoms with Crippen LogP contribution >= 0.6 is 11.6 Å². The summed E-state index contributed by atoms with van der Waals surface area (Å²) in [5, 5.41) is -0.103. The molecular formula is C11H5ClF3NO2. The Hall–Kier alpha value is -1.82. The Morgan fingerprint density at radius 2 is 1.61 bits per heavy atom. The molecule has 0 atom stereocenters. The van der Waals surface area contributed by atoms with Crippen molar-refractivity contribution in [2.24, 2.45) is 0 Å². The van der Waals surface area contributed by atoms with Crippen LogP contribution in [-0.4, -0.2) is 11.8 Å². The van der Waals surface area contributed by atoms with Crippen LogP contribution in [0.2, 0.25) is 5.02 Å². The van der Waals surface area contributed by atoms with E-state index in [1.165, 1.54) is 0 Å². The fourth-order valence-electron chi connectivity index (χ4n) is 1.50. The van der Waals surface area contributed by atoms with Crippen molar-refractivity contribution in [3.05, 3.63) is 40.9 Å². The maximum Gasteiger partial charge on any atom is 0.416 e. The van der Waals surface area contributed by atoms with Crippen molar-refractivity contribution in [3.63, 3.8) is 0 Å². The van der Waals surface area contributed by atoms with Crippen molar-refractivity contribution >= 4 is 29.1 Å². The first kappa shape index (κ1) is 12.6. The average molecular weight is 276 g/mol. The van der Waals surface area contributed by atoms with Gasteiger partial charge < -0.3 is 0 Å². The molecule has 0 fully saturated rings. The third-order valence-electron chi connectivity index (χ3n) is 2.32. The summed E-state index contributed by atoms with van der Waals surface area (Å²) >= 11 is 5.72. The van der Waals surface area contributed by atoms with Gasteiger partial charge in [-0.15, -0.1) is 0 Å². The zero-order valence-electron chi connectivity index (χ0n) is 8.66. The number of imide groups is 1. The highest BCUT2D eigenvalue weighted by atomic mass is 35.5. The molecule has 0 saturated heterocycles. The summed E-state index contributed by atoms with van der Waals surface area (Å²) < 4.78 is 37.6. The molecule has 0 spiro atoms. The molecule has 0 N–H and O–H groups in total. The van der Waals surface area contributed by atoms with Crippen molar-refractivity contribution in [2.75, 3.05) is 4.90 Å². The van der Waals surface area contributed by atoms with E-state index in [0.29, 0.717) is 11.0 Å². The van der Waals surface area contributed by atoms with Gasteiger partial charge in [0.25, 0.3) is 11.8 Å². The first-order valence-electron chi connectivity index (χ1n) is 4.73. The van der Waals surface area contributed by atoms with Crippen LogP contribution in [0.3, 0.4) is 0 Å². The van der Waals surface area contributed by atoms with Gasteiger partial charge in [-0.05, 0) is 18.2 Å². The molecule has 1 aromatic carbocycles. The van der Waals surface area contributed by atoms with E-state index in [9.17, 15) is 22.8 Å². The first-order chi connectivity index (χ1) is 8.30. The van der Waals surface area contributed by atoms with Gasteiger partial charge in [0.15, 0.2) is 0 Å². The van der Waals surface area contributed by atoms with Crippen LogP contribution in [0.4, 0.5) is 18.9 Å². The normalized spacial score (nSPS) is 15.7. The van der Waals surface area contributed by atoms with Gasteiger partial charge in [-0.3, -0.25) is 9.59 Å². The monoisotopic (exact) mass is 275 g/mol. The van der Waals surface area contributed by atoms with Crippen molar-refractivity contribution in [3.8, 4) is 0 Å². The lowest BCUT2D eigenvalue weighted by molar-refractivity contribution is -0.137. The fourth-order valence-corrected chi connectivity index (χ4v) is 1.70. The number of carbonyl (C=O) groups is 2. The molecule has 7 heteroatoms. The van der Waals surface area contributed by atoms with E-state index < -0.39 is 23.6 Å². The number of halogens is 4. The summed E-state index contributed by atoms with van der Waals surface area (Å²) in [5.74, 6) is -1.44. The number of hydrogen-bond acceptors (Lipinski definition) is 2. The Balaban J connectivity index is 2.51. The highest BCUT2D eigenvalue weighted by molar-refractivity contribution is 6.37. The molecule has 0 saturated carbocycles. The number of carbonyl (C=O) groups excluding carboxylic acids is 2. The van der Waals surface area contributed by atoms with E-state index >= 15 is 0 Å². The predicted molar refractivity (Wildman–Crippen MR) is 58.1 cm³/mol. The Morgan fingerprint density at radius 3 is 2.11 bits per heavy atom. The number of anilines is 1. The molecule has 0 aliphatic carbocycles. The van der Waals surface area contributed by atoms with E-state index in [1.54, 1.807) is 0 Å². The second-order valence-electron chi connectivity index (χ2n) is 3.51. The van der Waals surface area contributed by atoms with Gasteiger partial charge in [-0.2, -0.15) is 13.2 Å². The van der Waals surface area contributed by atoms with Crippen LogP contribution in [0, 0.1) is 0 Å². The summed E-state index contributed by atoms with van der Waals surface area (Å²) in [6, 6.07) is 2.45. The Labute approximate surface area is 104 Å². The summed E-state index contributed by atoms with van der Waals surface area (Å²) in [4.78, 5) is 23.3. The summed E-state index contributed by atoms with van der Waals surface area (Å²) in [7, 11) is 0. The van der Waals surface area contributed by atoms with Gasteiger partial charge in [-0.1, -0.05) is 11.6 Å². The van der Waals surface area contributed by atoms with Crippen LogP contribution < -0.4 is 4.90 Å². The number of nitrogens with zero attached hydrogens (tertiary/aromatic N) is 1. The fraction of sp³-hybridized carbons (Fsp3) is 0.0909. The molecule has 2 amide bonds. The van der Waals surface area contributed by atoms with Crippen molar-refractivity contribution in [2.45, 2.75) is 6.18 Å². The van der Waals surface area contributed by atoms with E-state index in [-0.39, 0.29) is 10.7 Å². The molecular weight excluding hydrogens is 271 g/mol. The minimum Gasteiger partial charge on any atom is -0.269 e. The highest BCUT2D eigenvalue weighted by Crippen LogP contribution is 2.36. The summed E-state index contributed by atoms with van der Waals surface area (Å²) in [6.07, 6.45) is -2.63. The predicted octanol–water partition coefficient (Wildman–Crippen LogP) is 2.79. The molecule has 1 aliphatic rings. The zero-order valence-corrected chi connectivity index (χ0v) is 9.42. The lowest BCUT2D eigenvalue weighted by atomic mass is 10.2. The molecule has 2 rings (SSSR count). The number of benzene rings is 1. The minimum absolute atomic E-state index is 0.103. The molecule has 1 heterocycles. The van der Waals surface area contributed by atoms with Crippen LogP contribution in [0.5, 0.6) is 0 Å². The number of rotatable bonds is 1. The summed E-state index contributed by atoms with van der Waals surface area (Å²) in [5.41, 5.74) is -1.25. The van der Waals surface area contributed by atoms with E-state index in [0.717, 1.165) is 24.3 Å². The second kappa shape index (κ2) is 4.13. The Morgan fingerprint density at radius 1 is 1.06 bits per heavy atom. The molecule has 94 valence electrons.